The Balaban J connectivity index is 2.03. The van der Waals surface area contributed by atoms with Crippen molar-refractivity contribution < 1.29 is 9.53 Å². The SMILES string of the molecule is CC(C)COC(=O)C1(C2CCCCC2)CCCC1. The lowest BCUT2D eigenvalue weighted by Crippen LogP contribution is -2.39. The Morgan fingerprint density at radius 1 is 1.11 bits per heavy atom. The molecular weight excluding hydrogens is 224 g/mol. The maximum atomic E-state index is 12.5. The Morgan fingerprint density at radius 2 is 1.72 bits per heavy atom. The van der Waals surface area contributed by atoms with Crippen LogP contribution in [-0.4, -0.2) is 12.6 Å². The standard InChI is InChI=1S/C16H28O2/c1-13(2)12-18-15(17)16(10-6-7-11-16)14-8-4-3-5-9-14/h13-14H,3-12H2,1-2H3. The van der Waals surface area contributed by atoms with Crippen LogP contribution in [0.4, 0.5) is 0 Å². The number of esters is 1. The third kappa shape index (κ3) is 2.89. The molecule has 0 amide bonds. The van der Waals surface area contributed by atoms with E-state index in [2.05, 4.69) is 13.8 Å². The van der Waals surface area contributed by atoms with Crippen LogP contribution in [0.2, 0.25) is 0 Å². The highest BCUT2D eigenvalue weighted by Gasteiger charge is 2.48. The lowest BCUT2D eigenvalue weighted by Gasteiger charge is -2.37. The maximum Gasteiger partial charge on any atom is 0.312 e. The van der Waals surface area contributed by atoms with Gasteiger partial charge in [0, 0.05) is 0 Å². The van der Waals surface area contributed by atoms with Crippen LogP contribution in [0, 0.1) is 17.3 Å². The van der Waals surface area contributed by atoms with E-state index in [0.29, 0.717) is 18.4 Å². The van der Waals surface area contributed by atoms with Crippen molar-refractivity contribution in [3.63, 3.8) is 0 Å². The third-order valence-corrected chi connectivity index (χ3v) is 4.84. The van der Waals surface area contributed by atoms with E-state index in [-0.39, 0.29) is 11.4 Å². The van der Waals surface area contributed by atoms with Crippen LogP contribution in [0.5, 0.6) is 0 Å². The molecule has 2 rings (SSSR count). The Labute approximate surface area is 111 Å². The number of carbonyl (C=O) groups is 1. The quantitative estimate of drug-likeness (QED) is 0.696. The molecule has 2 aliphatic carbocycles. The molecule has 0 bridgehead atoms. The van der Waals surface area contributed by atoms with E-state index < -0.39 is 0 Å². The molecular formula is C16H28O2. The third-order valence-electron chi connectivity index (χ3n) is 4.84. The molecule has 2 heteroatoms. The molecule has 0 N–H and O–H groups in total. The largest absolute Gasteiger partial charge is 0.465 e. The first-order valence-electron chi connectivity index (χ1n) is 7.82. The van der Waals surface area contributed by atoms with Gasteiger partial charge in [-0.25, -0.2) is 0 Å². The average Bonchev–Trinajstić information content (AvgIpc) is 2.87. The van der Waals surface area contributed by atoms with E-state index in [1.807, 2.05) is 0 Å². The molecule has 0 aliphatic heterocycles. The molecule has 2 aliphatic rings. The molecule has 0 spiro atoms. The van der Waals surface area contributed by atoms with E-state index in [4.69, 9.17) is 4.74 Å². The monoisotopic (exact) mass is 252 g/mol. The summed E-state index contributed by atoms with van der Waals surface area (Å²) in [4.78, 5) is 12.5. The summed E-state index contributed by atoms with van der Waals surface area (Å²) in [6.45, 7) is 4.80. The van der Waals surface area contributed by atoms with Gasteiger partial charge < -0.3 is 4.74 Å². The van der Waals surface area contributed by atoms with E-state index in [1.54, 1.807) is 0 Å². The summed E-state index contributed by atoms with van der Waals surface area (Å²) in [5.74, 6) is 1.17. The Kier molecular flexibility index (Phi) is 4.69. The van der Waals surface area contributed by atoms with Crippen molar-refractivity contribution in [2.24, 2.45) is 17.3 Å². The molecule has 0 saturated heterocycles. The van der Waals surface area contributed by atoms with Crippen molar-refractivity contribution in [3.05, 3.63) is 0 Å². The van der Waals surface area contributed by atoms with Crippen molar-refractivity contribution in [3.8, 4) is 0 Å². The lowest BCUT2D eigenvalue weighted by molar-refractivity contribution is -0.161. The van der Waals surface area contributed by atoms with E-state index in [1.165, 1.54) is 44.9 Å². The smallest absolute Gasteiger partial charge is 0.312 e. The predicted octanol–water partition coefficient (Wildman–Crippen LogP) is 4.33. The van der Waals surface area contributed by atoms with Crippen molar-refractivity contribution in [1.82, 2.24) is 0 Å². The van der Waals surface area contributed by atoms with E-state index in [0.717, 1.165) is 12.8 Å². The summed E-state index contributed by atoms with van der Waals surface area (Å²) in [7, 11) is 0. The molecule has 0 heterocycles. The van der Waals surface area contributed by atoms with Crippen molar-refractivity contribution in [2.45, 2.75) is 71.6 Å². The van der Waals surface area contributed by atoms with Crippen molar-refractivity contribution in [1.29, 1.82) is 0 Å². The van der Waals surface area contributed by atoms with Gasteiger partial charge in [-0.2, -0.15) is 0 Å². The lowest BCUT2D eigenvalue weighted by atomic mass is 9.67. The molecule has 0 aromatic heterocycles. The van der Waals surface area contributed by atoms with Gasteiger partial charge in [0.1, 0.15) is 0 Å². The fraction of sp³-hybridized carbons (Fsp3) is 0.938. The van der Waals surface area contributed by atoms with Crippen LogP contribution in [-0.2, 0) is 9.53 Å². The summed E-state index contributed by atoms with van der Waals surface area (Å²) in [5.41, 5.74) is -0.102. The summed E-state index contributed by atoms with van der Waals surface area (Å²) >= 11 is 0. The van der Waals surface area contributed by atoms with Gasteiger partial charge in [0.25, 0.3) is 0 Å². The first kappa shape index (κ1) is 13.9. The zero-order valence-electron chi connectivity index (χ0n) is 12.0. The number of hydrogen-bond acceptors (Lipinski definition) is 2. The molecule has 0 unspecified atom stereocenters. The van der Waals surface area contributed by atoms with Gasteiger partial charge in [-0.05, 0) is 37.5 Å². The number of rotatable bonds is 4. The average molecular weight is 252 g/mol. The van der Waals surface area contributed by atoms with Crippen LogP contribution >= 0.6 is 0 Å². The van der Waals surface area contributed by atoms with Gasteiger partial charge in [-0.1, -0.05) is 46.0 Å². The topological polar surface area (TPSA) is 26.3 Å². The van der Waals surface area contributed by atoms with Gasteiger partial charge >= 0.3 is 5.97 Å². The Bertz CT molecular complexity index is 271. The summed E-state index contributed by atoms with van der Waals surface area (Å²) in [6.07, 6.45) is 11.1. The van der Waals surface area contributed by atoms with E-state index in [9.17, 15) is 4.79 Å². The number of hydrogen-bond donors (Lipinski definition) is 0. The normalized spacial score (nSPS) is 24.4. The van der Waals surface area contributed by atoms with Crippen LogP contribution in [0.1, 0.15) is 71.6 Å². The second-order valence-electron chi connectivity index (χ2n) is 6.69. The molecule has 0 atom stereocenters. The van der Waals surface area contributed by atoms with Gasteiger partial charge in [-0.15, -0.1) is 0 Å². The highest BCUT2D eigenvalue weighted by molar-refractivity contribution is 5.77. The van der Waals surface area contributed by atoms with Gasteiger partial charge in [0.15, 0.2) is 0 Å². The Morgan fingerprint density at radius 3 is 2.28 bits per heavy atom. The van der Waals surface area contributed by atoms with Crippen molar-refractivity contribution in [2.75, 3.05) is 6.61 Å². The molecule has 2 nitrogen and oxygen atoms in total. The highest BCUT2D eigenvalue weighted by Crippen LogP contribution is 2.50. The number of ether oxygens (including phenoxy) is 1. The molecule has 0 aromatic carbocycles. The van der Waals surface area contributed by atoms with Gasteiger partial charge in [0.2, 0.25) is 0 Å². The number of carbonyl (C=O) groups excluding carboxylic acids is 1. The first-order valence-corrected chi connectivity index (χ1v) is 7.82. The molecule has 2 saturated carbocycles. The summed E-state index contributed by atoms with van der Waals surface area (Å²) in [5, 5.41) is 0. The Hall–Kier alpha value is -0.530. The summed E-state index contributed by atoms with van der Waals surface area (Å²) in [6, 6.07) is 0. The first-order chi connectivity index (χ1) is 8.65. The second kappa shape index (κ2) is 6.08. The highest BCUT2D eigenvalue weighted by atomic mass is 16.5. The zero-order chi connectivity index (χ0) is 13.0. The molecule has 18 heavy (non-hydrogen) atoms. The minimum atomic E-state index is -0.102. The van der Waals surface area contributed by atoms with Crippen LogP contribution in [0.25, 0.3) is 0 Å². The minimum absolute atomic E-state index is 0.102. The van der Waals surface area contributed by atoms with Crippen molar-refractivity contribution >= 4 is 5.97 Å². The van der Waals surface area contributed by atoms with Gasteiger partial charge in [-0.3, -0.25) is 4.79 Å². The van der Waals surface area contributed by atoms with Crippen LogP contribution < -0.4 is 0 Å². The van der Waals surface area contributed by atoms with Crippen LogP contribution in [0.3, 0.4) is 0 Å². The van der Waals surface area contributed by atoms with E-state index >= 15 is 0 Å². The minimum Gasteiger partial charge on any atom is -0.465 e. The molecule has 2 fully saturated rings. The molecule has 0 radical (unpaired) electrons. The van der Waals surface area contributed by atoms with Gasteiger partial charge in [0.05, 0.1) is 12.0 Å². The fourth-order valence-electron chi connectivity index (χ4n) is 3.83. The maximum absolute atomic E-state index is 12.5. The van der Waals surface area contributed by atoms with Crippen LogP contribution in [0.15, 0.2) is 0 Å². The molecule has 0 aromatic rings. The fourth-order valence-corrected chi connectivity index (χ4v) is 3.83. The molecule has 104 valence electrons. The zero-order valence-corrected chi connectivity index (χ0v) is 12.0. The summed E-state index contributed by atoms with van der Waals surface area (Å²) < 4.78 is 5.61. The predicted molar refractivity (Wildman–Crippen MR) is 73.3 cm³/mol. The second-order valence-corrected chi connectivity index (χ2v) is 6.69.